The van der Waals surface area contributed by atoms with Crippen LogP contribution < -0.4 is 14.8 Å². The minimum atomic E-state index is 0. The van der Waals surface area contributed by atoms with E-state index in [2.05, 4.69) is 5.32 Å². The Morgan fingerprint density at radius 1 is 1.32 bits per heavy atom. The van der Waals surface area contributed by atoms with E-state index in [0.29, 0.717) is 24.0 Å². The molecule has 0 radical (unpaired) electrons. The molecule has 1 aromatic carbocycles. The zero-order chi connectivity index (χ0) is 15.2. The van der Waals surface area contributed by atoms with Crippen LogP contribution in [0.4, 0.5) is 0 Å². The maximum absolute atomic E-state index is 12.4. The number of piperidine rings is 1. The average molecular weight is 329 g/mol. The number of hydrogen-bond donors (Lipinski definition) is 1. The molecule has 1 aliphatic rings. The molecule has 1 unspecified atom stereocenters. The van der Waals surface area contributed by atoms with E-state index in [4.69, 9.17) is 9.47 Å². The Hall–Kier alpha value is -1.46. The lowest BCUT2D eigenvalue weighted by Crippen LogP contribution is -2.47. The van der Waals surface area contributed by atoms with Gasteiger partial charge in [-0.25, -0.2) is 0 Å². The van der Waals surface area contributed by atoms with Gasteiger partial charge in [0.1, 0.15) is 0 Å². The first-order valence-electron chi connectivity index (χ1n) is 7.34. The molecule has 1 amide bonds. The Morgan fingerprint density at radius 3 is 2.68 bits per heavy atom. The molecule has 1 N–H and O–H groups in total. The van der Waals surface area contributed by atoms with Gasteiger partial charge in [-0.05, 0) is 37.6 Å². The van der Waals surface area contributed by atoms with Crippen LogP contribution in [0.25, 0.3) is 0 Å². The highest BCUT2D eigenvalue weighted by atomic mass is 35.5. The molecule has 1 aromatic rings. The summed E-state index contributed by atoms with van der Waals surface area (Å²) in [6, 6.07) is 6.04. The number of likely N-dealkylation sites (tertiary alicyclic amines) is 1. The standard InChI is InChI=1S/C16H24N2O3.ClH/c1-17-13-5-4-8-18(11-13)16(19)10-12-6-7-14(20-2)15(9-12)21-3;/h6-7,9,13,17H,4-5,8,10-11H2,1-3H3;1H. The number of nitrogens with zero attached hydrogens (tertiary/aromatic N) is 1. The number of likely N-dealkylation sites (N-methyl/N-ethyl adjacent to an activating group) is 1. The SMILES string of the molecule is CNC1CCCN(C(=O)Cc2ccc(OC)c(OC)c2)C1.Cl. The van der Waals surface area contributed by atoms with E-state index in [1.54, 1.807) is 14.2 Å². The summed E-state index contributed by atoms with van der Waals surface area (Å²) in [7, 11) is 5.16. The highest BCUT2D eigenvalue weighted by Gasteiger charge is 2.22. The van der Waals surface area contributed by atoms with Crippen LogP contribution in [0.15, 0.2) is 18.2 Å². The van der Waals surface area contributed by atoms with Crippen molar-refractivity contribution < 1.29 is 14.3 Å². The number of rotatable bonds is 5. The molecule has 1 saturated heterocycles. The quantitative estimate of drug-likeness (QED) is 0.896. The normalized spacial score (nSPS) is 17.6. The zero-order valence-electron chi connectivity index (χ0n) is 13.4. The van der Waals surface area contributed by atoms with Crippen LogP contribution in [0, 0.1) is 0 Å². The van der Waals surface area contributed by atoms with E-state index in [1.165, 1.54) is 0 Å². The number of carbonyl (C=O) groups excluding carboxylic acids is 1. The smallest absolute Gasteiger partial charge is 0.227 e. The first kappa shape index (κ1) is 18.6. The summed E-state index contributed by atoms with van der Waals surface area (Å²) >= 11 is 0. The average Bonchev–Trinajstić information content (AvgIpc) is 2.54. The number of ether oxygens (including phenoxy) is 2. The van der Waals surface area contributed by atoms with Gasteiger partial charge in [-0.2, -0.15) is 0 Å². The molecule has 0 bridgehead atoms. The van der Waals surface area contributed by atoms with Gasteiger partial charge in [0, 0.05) is 19.1 Å². The van der Waals surface area contributed by atoms with Crippen molar-refractivity contribution in [2.24, 2.45) is 0 Å². The minimum Gasteiger partial charge on any atom is -0.493 e. The van der Waals surface area contributed by atoms with E-state index in [1.807, 2.05) is 30.1 Å². The van der Waals surface area contributed by atoms with Crippen molar-refractivity contribution >= 4 is 18.3 Å². The Kier molecular flexibility index (Phi) is 7.48. The predicted molar refractivity (Wildman–Crippen MR) is 89.2 cm³/mol. The van der Waals surface area contributed by atoms with Gasteiger partial charge in [0.15, 0.2) is 11.5 Å². The third-order valence-corrected chi connectivity index (χ3v) is 3.99. The lowest BCUT2D eigenvalue weighted by Gasteiger charge is -2.32. The summed E-state index contributed by atoms with van der Waals surface area (Å²) in [5, 5.41) is 3.26. The maximum atomic E-state index is 12.4. The van der Waals surface area contributed by atoms with Crippen LogP contribution in [0.2, 0.25) is 0 Å². The van der Waals surface area contributed by atoms with E-state index < -0.39 is 0 Å². The van der Waals surface area contributed by atoms with Crippen LogP contribution >= 0.6 is 12.4 Å². The van der Waals surface area contributed by atoms with Crippen LogP contribution in [0.3, 0.4) is 0 Å². The molecule has 0 saturated carbocycles. The van der Waals surface area contributed by atoms with Crippen LogP contribution in [-0.2, 0) is 11.2 Å². The summed E-state index contributed by atoms with van der Waals surface area (Å²) < 4.78 is 10.5. The third kappa shape index (κ3) is 4.52. The number of amides is 1. The van der Waals surface area contributed by atoms with Gasteiger partial charge < -0.3 is 19.7 Å². The maximum Gasteiger partial charge on any atom is 0.227 e. The summed E-state index contributed by atoms with van der Waals surface area (Å²) in [5.74, 6) is 1.51. The van der Waals surface area contributed by atoms with Crippen molar-refractivity contribution in [2.75, 3.05) is 34.4 Å². The lowest BCUT2D eigenvalue weighted by atomic mass is 10.0. The Morgan fingerprint density at radius 2 is 2.05 bits per heavy atom. The van der Waals surface area contributed by atoms with Crippen LogP contribution in [0.5, 0.6) is 11.5 Å². The fraction of sp³-hybridized carbons (Fsp3) is 0.562. The van der Waals surface area contributed by atoms with E-state index in [0.717, 1.165) is 31.5 Å². The van der Waals surface area contributed by atoms with Gasteiger partial charge in [0.05, 0.1) is 20.6 Å². The zero-order valence-corrected chi connectivity index (χ0v) is 14.2. The summed E-state index contributed by atoms with van der Waals surface area (Å²) in [4.78, 5) is 14.4. The summed E-state index contributed by atoms with van der Waals surface area (Å²) in [5.41, 5.74) is 0.948. The molecule has 0 aliphatic carbocycles. The van der Waals surface area contributed by atoms with E-state index in [9.17, 15) is 4.79 Å². The molecule has 0 spiro atoms. The number of methoxy groups -OCH3 is 2. The third-order valence-electron chi connectivity index (χ3n) is 3.99. The number of carbonyl (C=O) groups is 1. The van der Waals surface area contributed by atoms with Crippen molar-refractivity contribution in [3.8, 4) is 11.5 Å². The number of hydrogen-bond acceptors (Lipinski definition) is 4. The molecule has 124 valence electrons. The van der Waals surface area contributed by atoms with Crippen molar-refractivity contribution in [1.29, 1.82) is 0 Å². The molecule has 1 atom stereocenters. The fourth-order valence-electron chi connectivity index (χ4n) is 2.72. The Labute approximate surface area is 138 Å². The molecular formula is C16H25ClN2O3. The molecular weight excluding hydrogens is 304 g/mol. The number of nitrogens with one attached hydrogen (secondary N) is 1. The van der Waals surface area contributed by atoms with Crippen molar-refractivity contribution in [3.05, 3.63) is 23.8 Å². The molecule has 2 rings (SSSR count). The topological polar surface area (TPSA) is 50.8 Å². The van der Waals surface area contributed by atoms with Gasteiger partial charge >= 0.3 is 0 Å². The van der Waals surface area contributed by atoms with Crippen molar-refractivity contribution in [3.63, 3.8) is 0 Å². The lowest BCUT2D eigenvalue weighted by molar-refractivity contribution is -0.131. The van der Waals surface area contributed by atoms with Gasteiger partial charge in [0.2, 0.25) is 5.91 Å². The van der Waals surface area contributed by atoms with Crippen molar-refractivity contribution in [2.45, 2.75) is 25.3 Å². The van der Waals surface area contributed by atoms with Gasteiger partial charge in [-0.15, -0.1) is 12.4 Å². The van der Waals surface area contributed by atoms with Gasteiger partial charge in [0.25, 0.3) is 0 Å². The van der Waals surface area contributed by atoms with Crippen LogP contribution in [-0.4, -0.2) is 51.2 Å². The summed E-state index contributed by atoms with van der Waals surface area (Å²) in [6.45, 7) is 1.65. The molecule has 1 fully saturated rings. The molecule has 1 aliphatic heterocycles. The van der Waals surface area contributed by atoms with E-state index in [-0.39, 0.29) is 18.3 Å². The number of benzene rings is 1. The number of halogens is 1. The molecule has 1 heterocycles. The highest BCUT2D eigenvalue weighted by Crippen LogP contribution is 2.28. The molecule has 22 heavy (non-hydrogen) atoms. The van der Waals surface area contributed by atoms with Gasteiger partial charge in [-0.1, -0.05) is 6.07 Å². The monoisotopic (exact) mass is 328 g/mol. The molecule has 0 aromatic heterocycles. The minimum absolute atomic E-state index is 0. The highest BCUT2D eigenvalue weighted by molar-refractivity contribution is 5.85. The largest absolute Gasteiger partial charge is 0.493 e. The summed E-state index contributed by atoms with van der Waals surface area (Å²) in [6.07, 6.45) is 2.59. The van der Waals surface area contributed by atoms with E-state index >= 15 is 0 Å². The van der Waals surface area contributed by atoms with Crippen LogP contribution in [0.1, 0.15) is 18.4 Å². The van der Waals surface area contributed by atoms with Gasteiger partial charge in [-0.3, -0.25) is 4.79 Å². The first-order valence-corrected chi connectivity index (χ1v) is 7.34. The second-order valence-electron chi connectivity index (χ2n) is 5.33. The molecule has 6 heteroatoms. The molecule has 5 nitrogen and oxygen atoms in total. The Balaban J connectivity index is 0.00000242. The first-order chi connectivity index (χ1) is 10.2. The van der Waals surface area contributed by atoms with Crippen molar-refractivity contribution in [1.82, 2.24) is 10.2 Å². The second-order valence-corrected chi connectivity index (χ2v) is 5.33. The second kappa shape index (κ2) is 8.86. The predicted octanol–water partition coefficient (Wildman–Crippen LogP) is 1.88. The fourth-order valence-corrected chi connectivity index (χ4v) is 2.72. The Bertz CT molecular complexity index is 496.